The summed E-state index contributed by atoms with van der Waals surface area (Å²) in [6.07, 6.45) is 1.70. The van der Waals surface area contributed by atoms with Gasteiger partial charge in [-0.3, -0.25) is 9.59 Å². The molecular formula is C20H23N3O3. The number of carbonyl (C=O) groups excluding carboxylic acids is 2. The van der Waals surface area contributed by atoms with Gasteiger partial charge in [0, 0.05) is 18.5 Å². The number of rotatable bonds is 7. The van der Waals surface area contributed by atoms with E-state index in [0.717, 1.165) is 28.1 Å². The first-order chi connectivity index (χ1) is 12.5. The van der Waals surface area contributed by atoms with E-state index in [4.69, 9.17) is 4.74 Å². The van der Waals surface area contributed by atoms with Crippen molar-refractivity contribution in [2.24, 2.45) is 5.10 Å². The van der Waals surface area contributed by atoms with Crippen LogP contribution >= 0.6 is 0 Å². The number of anilines is 1. The van der Waals surface area contributed by atoms with Crippen LogP contribution in [0.25, 0.3) is 0 Å². The highest BCUT2D eigenvalue weighted by Gasteiger charge is 2.08. The summed E-state index contributed by atoms with van der Waals surface area (Å²) in [7, 11) is 1.60. The first kappa shape index (κ1) is 19.2. The van der Waals surface area contributed by atoms with Crippen LogP contribution < -0.4 is 15.5 Å². The number of nitrogens with one attached hydrogen (secondary N) is 2. The van der Waals surface area contributed by atoms with Crippen molar-refractivity contribution in [2.75, 3.05) is 12.4 Å². The number of hydrogen-bond donors (Lipinski definition) is 2. The molecule has 0 bridgehead atoms. The molecular weight excluding hydrogens is 330 g/mol. The van der Waals surface area contributed by atoms with Crippen molar-refractivity contribution in [1.29, 1.82) is 0 Å². The number of aryl methyl sites for hydroxylation is 2. The highest BCUT2D eigenvalue weighted by molar-refractivity contribution is 5.94. The van der Waals surface area contributed by atoms with E-state index in [1.165, 1.54) is 6.21 Å². The van der Waals surface area contributed by atoms with Gasteiger partial charge in [-0.1, -0.05) is 17.7 Å². The van der Waals surface area contributed by atoms with Gasteiger partial charge in [0.25, 0.3) is 0 Å². The van der Waals surface area contributed by atoms with Crippen LogP contribution in [0.5, 0.6) is 5.75 Å². The Morgan fingerprint density at radius 3 is 2.38 bits per heavy atom. The third-order valence-corrected chi connectivity index (χ3v) is 3.75. The van der Waals surface area contributed by atoms with Crippen LogP contribution in [-0.4, -0.2) is 25.1 Å². The van der Waals surface area contributed by atoms with E-state index in [0.29, 0.717) is 0 Å². The molecule has 0 unspecified atom stereocenters. The predicted molar refractivity (Wildman–Crippen MR) is 103 cm³/mol. The van der Waals surface area contributed by atoms with Crippen molar-refractivity contribution < 1.29 is 14.3 Å². The lowest BCUT2D eigenvalue weighted by Crippen LogP contribution is -2.20. The van der Waals surface area contributed by atoms with E-state index >= 15 is 0 Å². The zero-order valence-electron chi connectivity index (χ0n) is 15.2. The molecule has 26 heavy (non-hydrogen) atoms. The van der Waals surface area contributed by atoms with E-state index in [-0.39, 0.29) is 24.7 Å². The van der Waals surface area contributed by atoms with Crippen molar-refractivity contribution in [3.63, 3.8) is 0 Å². The molecule has 6 nitrogen and oxygen atoms in total. The molecule has 2 amide bonds. The molecule has 0 atom stereocenters. The Morgan fingerprint density at radius 1 is 1.04 bits per heavy atom. The van der Waals surface area contributed by atoms with E-state index < -0.39 is 0 Å². The molecule has 2 rings (SSSR count). The quantitative estimate of drug-likeness (QED) is 0.593. The maximum Gasteiger partial charge on any atom is 0.240 e. The van der Waals surface area contributed by atoms with Gasteiger partial charge in [-0.05, 0) is 55.3 Å². The second-order valence-corrected chi connectivity index (χ2v) is 5.93. The van der Waals surface area contributed by atoms with E-state index in [9.17, 15) is 9.59 Å². The average molecular weight is 353 g/mol. The Hall–Kier alpha value is -3.15. The van der Waals surface area contributed by atoms with E-state index in [2.05, 4.69) is 15.8 Å². The first-order valence-corrected chi connectivity index (χ1v) is 8.31. The minimum Gasteiger partial charge on any atom is -0.497 e. The summed E-state index contributed by atoms with van der Waals surface area (Å²) >= 11 is 0. The molecule has 0 spiro atoms. The third-order valence-electron chi connectivity index (χ3n) is 3.75. The number of benzene rings is 2. The van der Waals surface area contributed by atoms with Gasteiger partial charge in [0.1, 0.15) is 5.75 Å². The Kier molecular flexibility index (Phi) is 6.91. The monoisotopic (exact) mass is 353 g/mol. The second-order valence-electron chi connectivity index (χ2n) is 5.93. The number of amides is 2. The lowest BCUT2D eigenvalue weighted by molar-refractivity contribution is -0.124. The smallest absolute Gasteiger partial charge is 0.240 e. The zero-order valence-corrected chi connectivity index (χ0v) is 15.2. The highest BCUT2D eigenvalue weighted by Crippen LogP contribution is 2.16. The summed E-state index contributed by atoms with van der Waals surface area (Å²) in [5.41, 5.74) is 6.14. The van der Waals surface area contributed by atoms with Gasteiger partial charge >= 0.3 is 0 Å². The minimum atomic E-state index is -0.314. The minimum absolute atomic E-state index is 0.0662. The number of hydrogen-bond acceptors (Lipinski definition) is 4. The fourth-order valence-electron chi connectivity index (χ4n) is 2.32. The summed E-state index contributed by atoms with van der Waals surface area (Å²) < 4.78 is 5.07. The molecule has 0 aliphatic rings. The number of methoxy groups -OCH3 is 1. The molecule has 0 fully saturated rings. The topological polar surface area (TPSA) is 79.8 Å². The average Bonchev–Trinajstić information content (AvgIpc) is 2.63. The lowest BCUT2D eigenvalue weighted by Gasteiger charge is -2.08. The van der Waals surface area contributed by atoms with Crippen molar-refractivity contribution in [2.45, 2.75) is 26.7 Å². The van der Waals surface area contributed by atoms with Crippen LogP contribution in [0.15, 0.2) is 47.6 Å². The molecule has 0 heterocycles. The Morgan fingerprint density at radius 2 is 1.73 bits per heavy atom. The first-order valence-electron chi connectivity index (χ1n) is 8.31. The van der Waals surface area contributed by atoms with Crippen LogP contribution in [0.3, 0.4) is 0 Å². The summed E-state index contributed by atoms with van der Waals surface area (Å²) in [6, 6.07) is 13.1. The molecule has 0 saturated carbocycles. The molecule has 136 valence electrons. The largest absolute Gasteiger partial charge is 0.497 e. The van der Waals surface area contributed by atoms with E-state index in [1.807, 2.05) is 44.2 Å². The predicted octanol–water partition coefficient (Wildman–Crippen LogP) is 3.18. The van der Waals surface area contributed by atoms with Gasteiger partial charge in [0.05, 0.1) is 13.3 Å². The van der Waals surface area contributed by atoms with Crippen LogP contribution in [0, 0.1) is 13.8 Å². The van der Waals surface area contributed by atoms with Gasteiger partial charge < -0.3 is 10.1 Å². The summed E-state index contributed by atoms with van der Waals surface area (Å²) in [5.74, 6) is 0.234. The van der Waals surface area contributed by atoms with Gasteiger partial charge in [0.15, 0.2) is 0 Å². The number of carbonyl (C=O) groups is 2. The molecule has 0 aliphatic heterocycles. The van der Waals surface area contributed by atoms with Gasteiger partial charge in [-0.15, -0.1) is 0 Å². The van der Waals surface area contributed by atoms with Gasteiger partial charge in [-0.25, -0.2) is 5.43 Å². The lowest BCUT2D eigenvalue weighted by atomic mass is 10.1. The van der Waals surface area contributed by atoms with Crippen LogP contribution in [-0.2, 0) is 9.59 Å². The van der Waals surface area contributed by atoms with E-state index in [1.54, 1.807) is 19.2 Å². The van der Waals surface area contributed by atoms with Crippen molar-refractivity contribution in [1.82, 2.24) is 5.43 Å². The molecule has 2 aromatic rings. The number of nitrogens with zero attached hydrogens (tertiary/aromatic N) is 1. The Balaban J connectivity index is 1.75. The fraction of sp³-hybridized carbons (Fsp3) is 0.250. The summed E-state index contributed by atoms with van der Waals surface area (Å²) in [5, 5.41) is 6.70. The molecule has 0 saturated heterocycles. The maximum absolute atomic E-state index is 12.0. The molecule has 0 radical (unpaired) electrons. The van der Waals surface area contributed by atoms with Crippen molar-refractivity contribution in [3.8, 4) is 5.75 Å². The van der Waals surface area contributed by atoms with Crippen LogP contribution in [0.2, 0.25) is 0 Å². The molecule has 6 heteroatoms. The van der Waals surface area contributed by atoms with Crippen molar-refractivity contribution >= 4 is 23.7 Å². The normalized spacial score (nSPS) is 10.6. The molecule has 0 aliphatic carbocycles. The van der Waals surface area contributed by atoms with Gasteiger partial charge in [-0.2, -0.15) is 5.10 Å². The summed E-state index contributed by atoms with van der Waals surface area (Å²) in [6.45, 7) is 3.93. The van der Waals surface area contributed by atoms with Crippen LogP contribution in [0.4, 0.5) is 5.69 Å². The molecule has 2 N–H and O–H groups in total. The Bertz CT molecular complexity index is 798. The summed E-state index contributed by atoms with van der Waals surface area (Å²) in [4.78, 5) is 23.7. The molecule has 2 aromatic carbocycles. The van der Waals surface area contributed by atoms with Crippen molar-refractivity contribution in [3.05, 3.63) is 59.2 Å². The second kappa shape index (κ2) is 9.36. The Labute approximate surface area is 153 Å². The van der Waals surface area contributed by atoms with Crippen LogP contribution in [0.1, 0.15) is 29.5 Å². The number of hydrazone groups is 1. The van der Waals surface area contributed by atoms with Gasteiger partial charge in [0.2, 0.25) is 11.8 Å². The standard InChI is InChI=1S/C20H23N3O3/c1-14-4-9-18(15(2)12-14)22-19(24)10-11-20(25)23-21-13-16-5-7-17(26-3)8-6-16/h4-9,12-13H,10-11H2,1-3H3,(H,22,24)(H,23,25)/b21-13-. The molecule has 0 aromatic heterocycles. The SMILES string of the molecule is COc1ccc(/C=N\NC(=O)CCC(=O)Nc2ccc(C)cc2C)cc1. The fourth-order valence-corrected chi connectivity index (χ4v) is 2.32. The third kappa shape index (κ3) is 6.05. The number of ether oxygens (including phenoxy) is 1. The highest BCUT2D eigenvalue weighted by atomic mass is 16.5. The zero-order chi connectivity index (χ0) is 18.9. The maximum atomic E-state index is 12.0.